The van der Waals surface area contributed by atoms with Crippen LogP contribution in [0, 0.1) is 0 Å². The quantitative estimate of drug-likeness (QED) is 0.517. The summed E-state index contributed by atoms with van der Waals surface area (Å²) in [4.78, 5) is 42.8. The highest BCUT2D eigenvalue weighted by molar-refractivity contribution is 5.95. The Morgan fingerprint density at radius 2 is 1.97 bits per heavy atom. The van der Waals surface area contributed by atoms with Crippen LogP contribution >= 0.6 is 0 Å². The molecule has 2 aromatic heterocycles. The summed E-state index contributed by atoms with van der Waals surface area (Å²) < 4.78 is 46.8. The van der Waals surface area contributed by atoms with E-state index in [0.29, 0.717) is 32.4 Å². The van der Waals surface area contributed by atoms with E-state index >= 15 is 0 Å². The fourth-order valence-electron chi connectivity index (χ4n) is 4.58. The minimum Gasteiger partial charge on any atom is -0.444 e. The van der Waals surface area contributed by atoms with Gasteiger partial charge in [-0.1, -0.05) is 18.2 Å². The second-order valence-corrected chi connectivity index (χ2v) is 8.78. The number of rotatable bonds is 6. The second kappa shape index (κ2) is 10.1. The molecule has 0 bridgehead atoms. The number of carbonyl (C=O) groups is 2. The number of fused-ring (bicyclic) bond motifs is 1. The van der Waals surface area contributed by atoms with Crippen LogP contribution in [0.25, 0.3) is 0 Å². The van der Waals surface area contributed by atoms with Gasteiger partial charge >= 0.3 is 12.3 Å². The summed E-state index contributed by atoms with van der Waals surface area (Å²) in [6.07, 6.45) is 0.0565. The zero-order valence-corrected chi connectivity index (χ0v) is 19.7. The number of aromatic nitrogens is 4. The molecule has 1 fully saturated rings. The maximum atomic E-state index is 13.8. The molecule has 1 saturated heterocycles. The van der Waals surface area contributed by atoms with Crippen molar-refractivity contribution in [1.82, 2.24) is 25.3 Å². The third-order valence-corrected chi connectivity index (χ3v) is 6.44. The molecule has 0 radical (unpaired) electrons. The van der Waals surface area contributed by atoms with E-state index in [1.165, 1.54) is 6.33 Å². The van der Waals surface area contributed by atoms with Gasteiger partial charge in [0.05, 0.1) is 17.6 Å². The van der Waals surface area contributed by atoms with Crippen molar-refractivity contribution in [2.75, 3.05) is 29.4 Å². The van der Waals surface area contributed by atoms with Crippen LogP contribution in [0.1, 0.15) is 40.2 Å². The van der Waals surface area contributed by atoms with Gasteiger partial charge in [0.15, 0.2) is 5.69 Å². The van der Waals surface area contributed by atoms with Crippen LogP contribution in [0.5, 0.6) is 0 Å². The number of aromatic amines is 1. The molecule has 10 nitrogen and oxygen atoms in total. The zero-order valence-electron chi connectivity index (χ0n) is 19.7. The Hall–Kier alpha value is -4.16. The molecule has 5 rings (SSSR count). The van der Waals surface area contributed by atoms with E-state index in [4.69, 9.17) is 4.74 Å². The normalized spacial score (nSPS) is 16.4. The molecule has 2 N–H and O–H groups in total. The second-order valence-electron chi connectivity index (χ2n) is 8.78. The van der Waals surface area contributed by atoms with Crippen LogP contribution in [-0.4, -0.2) is 57.6 Å². The van der Waals surface area contributed by atoms with Crippen LogP contribution in [-0.2, 0) is 23.9 Å². The number of hydrogen-bond acceptors (Lipinski definition) is 7. The van der Waals surface area contributed by atoms with Gasteiger partial charge in [-0.15, -0.1) is 0 Å². The predicted octanol–water partition coefficient (Wildman–Crippen LogP) is 3.32. The first kappa shape index (κ1) is 24.5. The molecule has 0 spiro atoms. The van der Waals surface area contributed by atoms with E-state index in [0.717, 1.165) is 23.1 Å². The van der Waals surface area contributed by atoms with Crippen molar-refractivity contribution in [2.24, 2.45) is 0 Å². The van der Waals surface area contributed by atoms with Crippen molar-refractivity contribution in [1.29, 1.82) is 0 Å². The summed E-state index contributed by atoms with van der Waals surface area (Å²) in [5.74, 6) is -1.01. The fraction of sp³-hybridized carbons (Fsp3) is 0.375. The zero-order chi connectivity index (χ0) is 26.0. The van der Waals surface area contributed by atoms with Gasteiger partial charge in [-0.3, -0.25) is 9.69 Å². The molecule has 0 atom stereocenters. The highest BCUT2D eigenvalue weighted by atomic mass is 19.4. The average molecular weight is 515 g/mol. The third kappa shape index (κ3) is 5.20. The average Bonchev–Trinajstić information content (AvgIpc) is 3.41. The number of amides is 2. The number of para-hydroxylation sites is 1. The molecule has 2 aliphatic heterocycles. The number of benzene rings is 1. The van der Waals surface area contributed by atoms with Crippen molar-refractivity contribution < 1.29 is 27.5 Å². The molecule has 2 amide bonds. The maximum Gasteiger partial charge on any atom is 0.434 e. The molecule has 4 heterocycles. The summed E-state index contributed by atoms with van der Waals surface area (Å²) in [6, 6.07) is 7.30. The van der Waals surface area contributed by atoms with E-state index in [9.17, 15) is 22.8 Å². The lowest BCUT2D eigenvalue weighted by atomic mass is 10.0. The van der Waals surface area contributed by atoms with Gasteiger partial charge in [-0.05, 0) is 18.9 Å². The van der Waals surface area contributed by atoms with Crippen molar-refractivity contribution in [2.45, 2.75) is 38.1 Å². The Labute approximate surface area is 209 Å². The molecule has 0 aliphatic carbocycles. The smallest absolute Gasteiger partial charge is 0.434 e. The number of H-pyrrole nitrogens is 1. The number of imidazole rings is 1. The van der Waals surface area contributed by atoms with Crippen molar-refractivity contribution in [3.05, 3.63) is 65.5 Å². The lowest BCUT2D eigenvalue weighted by molar-refractivity contribution is -0.141. The van der Waals surface area contributed by atoms with Crippen molar-refractivity contribution in [3.63, 3.8) is 0 Å². The first-order valence-corrected chi connectivity index (χ1v) is 11.8. The molecule has 0 saturated carbocycles. The third-order valence-electron chi connectivity index (χ3n) is 6.44. The van der Waals surface area contributed by atoms with Crippen molar-refractivity contribution in [3.8, 4) is 0 Å². The van der Waals surface area contributed by atoms with E-state index in [-0.39, 0.29) is 25.1 Å². The van der Waals surface area contributed by atoms with Gasteiger partial charge in [0, 0.05) is 55.7 Å². The predicted molar refractivity (Wildman–Crippen MR) is 126 cm³/mol. The van der Waals surface area contributed by atoms with Crippen LogP contribution in [0.4, 0.5) is 29.6 Å². The Kier molecular flexibility index (Phi) is 6.68. The minimum absolute atomic E-state index is 0.110. The van der Waals surface area contributed by atoms with Crippen LogP contribution < -0.4 is 15.1 Å². The summed E-state index contributed by atoms with van der Waals surface area (Å²) in [7, 11) is 0. The van der Waals surface area contributed by atoms with Crippen molar-refractivity contribution >= 4 is 23.6 Å². The van der Waals surface area contributed by atoms with E-state index < -0.39 is 29.4 Å². The summed E-state index contributed by atoms with van der Waals surface area (Å²) in [5, 5.41) is 2.47. The molecule has 2 aliphatic rings. The number of cyclic esters (lactones) is 1. The maximum absolute atomic E-state index is 13.8. The summed E-state index contributed by atoms with van der Waals surface area (Å²) in [5.41, 5.74) is 0.514. The first-order valence-electron chi connectivity index (χ1n) is 11.8. The van der Waals surface area contributed by atoms with Gasteiger partial charge in [-0.2, -0.15) is 13.2 Å². The number of anilines is 2. The van der Waals surface area contributed by atoms with E-state index in [2.05, 4.69) is 25.3 Å². The van der Waals surface area contributed by atoms with Gasteiger partial charge in [0.25, 0.3) is 5.91 Å². The van der Waals surface area contributed by atoms with Crippen LogP contribution in [0.2, 0.25) is 0 Å². The summed E-state index contributed by atoms with van der Waals surface area (Å²) >= 11 is 0. The Bertz CT molecular complexity index is 1270. The first-order chi connectivity index (χ1) is 17.8. The number of carbonyl (C=O) groups excluding carboxylic acids is 2. The Morgan fingerprint density at radius 1 is 1.19 bits per heavy atom. The Balaban J connectivity index is 1.28. The SMILES string of the molecule is O=C(NCCc1cnc[nH]1)c1cnc(N2CCC(N3C(=O)OCc4ccccc43)CC2)nc1C(F)(F)F. The molecular weight excluding hydrogens is 491 g/mol. The number of nitrogens with zero attached hydrogens (tertiary/aromatic N) is 5. The molecule has 37 heavy (non-hydrogen) atoms. The van der Waals surface area contributed by atoms with Crippen LogP contribution in [0.15, 0.2) is 43.0 Å². The minimum atomic E-state index is -4.84. The number of halogens is 3. The topological polar surface area (TPSA) is 116 Å². The molecular formula is C24H24F3N7O3. The highest BCUT2D eigenvalue weighted by Gasteiger charge is 2.39. The molecule has 13 heteroatoms. The monoisotopic (exact) mass is 515 g/mol. The lowest BCUT2D eigenvalue weighted by Gasteiger charge is -2.40. The lowest BCUT2D eigenvalue weighted by Crippen LogP contribution is -2.49. The van der Waals surface area contributed by atoms with Crippen LogP contribution in [0.3, 0.4) is 0 Å². The molecule has 1 aromatic carbocycles. The molecule has 3 aromatic rings. The fourth-order valence-corrected chi connectivity index (χ4v) is 4.58. The number of ether oxygens (including phenoxy) is 1. The van der Waals surface area contributed by atoms with Gasteiger partial charge in [-0.25, -0.2) is 19.7 Å². The van der Waals surface area contributed by atoms with Gasteiger partial charge < -0.3 is 19.9 Å². The van der Waals surface area contributed by atoms with Gasteiger partial charge in [0.2, 0.25) is 5.95 Å². The largest absolute Gasteiger partial charge is 0.444 e. The number of hydrogen-bond donors (Lipinski definition) is 2. The number of alkyl halides is 3. The number of nitrogens with one attached hydrogen (secondary N) is 2. The summed E-state index contributed by atoms with van der Waals surface area (Å²) in [6.45, 7) is 1.00. The molecule has 194 valence electrons. The van der Waals surface area contributed by atoms with E-state index in [1.54, 1.807) is 16.0 Å². The standard InChI is InChI=1S/C24H24F3N7O3/c25-24(26,27)20-18(21(35)29-8-5-16-11-28-14-31-16)12-30-22(32-20)33-9-6-17(7-10-33)34-19-4-2-1-3-15(19)13-37-23(34)36/h1-4,11-12,14,17H,5-10,13H2,(H,28,31)(H,29,35). The highest BCUT2D eigenvalue weighted by Crippen LogP contribution is 2.34. The van der Waals surface area contributed by atoms with E-state index in [1.807, 2.05) is 24.3 Å². The Morgan fingerprint density at radius 3 is 2.70 bits per heavy atom. The number of piperidine rings is 1. The van der Waals surface area contributed by atoms with Gasteiger partial charge in [0.1, 0.15) is 6.61 Å². The molecule has 0 unspecified atom stereocenters.